The van der Waals surface area contributed by atoms with Crippen molar-refractivity contribution >= 4 is 11.1 Å². The Morgan fingerprint density at radius 1 is 1.78 bits per heavy atom. The lowest BCUT2D eigenvalue weighted by atomic mass is 11.2. The number of nitrogens with zero attached hydrogens (tertiary/aromatic N) is 4. The first kappa shape index (κ1) is 6.30. The van der Waals surface area contributed by atoms with Crippen molar-refractivity contribution in [2.24, 2.45) is 7.05 Å². The minimum atomic E-state index is -2.33. The summed E-state index contributed by atoms with van der Waals surface area (Å²) in [6.45, 7) is 0. The van der Waals surface area contributed by atoms with Crippen LogP contribution in [0.25, 0.3) is 0 Å². The first-order valence-electron chi connectivity index (χ1n) is 2.03. The molecule has 0 saturated heterocycles. The maximum Gasteiger partial charge on any atom is 0.225 e. The molecule has 9 heavy (non-hydrogen) atoms. The Kier molecular flexibility index (Phi) is 1.54. The van der Waals surface area contributed by atoms with Gasteiger partial charge >= 0.3 is 0 Å². The first-order valence-corrected chi connectivity index (χ1v) is 3.11. The molecule has 0 aromatic carbocycles. The van der Waals surface area contributed by atoms with Gasteiger partial charge in [-0.1, -0.05) is 0 Å². The lowest BCUT2D eigenvalue weighted by Crippen LogP contribution is -2.00. The van der Waals surface area contributed by atoms with E-state index in [1.165, 1.54) is 7.05 Å². The Bertz CT molecular complexity index is 232. The molecule has 0 radical (unpaired) electrons. The number of hydrogen-bond acceptors (Lipinski definition) is 5. The fraction of sp³-hybridized carbons (Fsp3) is 0.500. The van der Waals surface area contributed by atoms with Crippen LogP contribution in [0.1, 0.15) is 0 Å². The van der Waals surface area contributed by atoms with Crippen molar-refractivity contribution in [1.29, 1.82) is 0 Å². The van der Waals surface area contributed by atoms with Gasteiger partial charge in [-0.05, 0) is 10.4 Å². The lowest BCUT2D eigenvalue weighted by Gasteiger charge is -1.98. The van der Waals surface area contributed by atoms with E-state index >= 15 is 0 Å². The molecule has 7 heteroatoms. The number of aryl methyl sites for hydroxylation is 1. The fourth-order valence-electron chi connectivity index (χ4n) is 0.362. The third-order valence-electron chi connectivity index (χ3n) is 0.730. The third-order valence-corrected chi connectivity index (χ3v) is 1.37. The van der Waals surface area contributed by atoms with Gasteiger partial charge in [0.25, 0.3) is 0 Å². The first-order chi connectivity index (χ1) is 4.22. The second-order valence-electron chi connectivity index (χ2n) is 1.32. The van der Waals surface area contributed by atoms with E-state index < -0.39 is 11.1 Å². The van der Waals surface area contributed by atoms with Crippen LogP contribution in [-0.4, -0.2) is 29.0 Å². The van der Waals surface area contributed by atoms with E-state index in [2.05, 4.69) is 15.5 Å². The summed E-state index contributed by atoms with van der Waals surface area (Å²) >= 11 is -2.33. The van der Waals surface area contributed by atoms with Crippen molar-refractivity contribution < 1.29 is 8.76 Å². The van der Waals surface area contributed by atoms with Crippen molar-refractivity contribution in [1.82, 2.24) is 20.2 Å². The van der Waals surface area contributed by atoms with Gasteiger partial charge in [0, 0.05) is 18.1 Å². The monoisotopic (exact) mass is 147 g/mol. The quantitative estimate of drug-likeness (QED) is 0.449. The molecule has 1 aromatic rings. The van der Waals surface area contributed by atoms with Gasteiger partial charge < -0.3 is 4.55 Å². The normalized spacial score (nSPS) is 13.6. The minimum Gasteiger partial charge on any atom is -0.766 e. The molecule has 1 atom stereocenters. The van der Waals surface area contributed by atoms with Crippen LogP contribution in [-0.2, 0) is 18.1 Å². The van der Waals surface area contributed by atoms with E-state index in [4.69, 9.17) is 0 Å². The number of aromatic nitrogens is 4. The average Bonchev–Trinajstić information content (AvgIpc) is 2.13. The van der Waals surface area contributed by atoms with Gasteiger partial charge in [-0.3, -0.25) is 4.21 Å². The molecular weight excluding hydrogens is 144 g/mol. The van der Waals surface area contributed by atoms with Crippen molar-refractivity contribution in [2.75, 3.05) is 0 Å². The molecule has 0 spiro atoms. The van der Waals surface area contributed by atoms with Crippen LogP contribution in [0.15, 0.2) is 5.16 Å². The predicted molar refractivity (Wildman–Crippen MR) is 26.0 cm³/mol. The topological polar surface area (TPSA) is 83.7 Å². The van der Waals surface area contributed by atoms with Gasteiger partial charge in [0.2, 0.25) is 5.16 Å². The molecule has 0 amide bonds. The molecule has 1 unspecified atom stereocenters. The molecule has 0 N–H and O–H groups in total. The molecular formula is C2H3N4O2S-. The van der Waals surface area contributed by atoms with E-state index in [-0.39, 0.29) is 5.16 Å². The van der Waals surface area contributed by atoms with Crippen LogP contribution in [0.5, 0.6) is 0 Å². The van der Waals surface area contributed by atoms with Gasteiger partial charge in [-0.25, -0.2) is 4.68 Å². The van der Waals surface area contributed by atoms with E-state index in [0.717, 1.165) is 4.68 Å². The summed E-state index contributed by atoms with van der Waals surface area (Å²) in [5.41, 5.74) is 0. The van der Waals surface area contributed by atoms with Gasteiger partial charge in [-0.2, -0.15) is 0 Å². The van der Waals surface area contributed by atoms with E-state index in [1.54, 1.807) is 0 Å². The SMILES string of the molecule is Cn1nnnc1S(=O)[O-]. The molecule has 0 saturated carbocycles. The Balaban J connectivity index is 3.08. The smallest absolute Gasteiger partial charge is 0.225 e. The van der Waals surface area contributed by atoms with Crippen LogP contribution in [0.4, 0.5) is 0 Å². The Morgan fingerprint density at radius 3 is 2.67 bits per heavy atom. The minimum absolute atomic E-state index is 0.157. The average molecular weight is 147 g/mol. The third kappa shape index (κ3) is 1.11. The number of tetrazole rings is 1. The molecule has 0 aliphatic heterocycles. The molecule has 6 nitrogen and oxygen atoms in total. The highest BCUT2D eigenvalue weighted by molar-refractivity contribution is 7.79. The van der Waals surface area contributed by atoms with Gasteiger partial charge in [0.1, 0.15) is 0 Å². The molecule has 50 valence electrons. The zero-order valence-electron chi connectivity index (χ0n) is 4.51. The summed E-state index contributed by atoms with van der Waals surface area (Å²) < 4.78 is 21.3. The van der Waals surface area contributed by atoms with Crippen LogP contribution in [0.2, 0.25) is 0 Å². The second kappa shape index (κ2) is 2.19. The van der Waals surface area contributed by atoms with Crippen molar-refractivity contribution in [3.05, 3.63) is 0 Å². The molecule has 1 aromatic heterocycles. The molecule has 0 aliphatic rings. The largest absolute Gasteiger partial charge is 0.766 e. The Hall–Kier alpha value is -0.820. The molecule has 1 heterocycles. The van der Waals surface area contributed by atoms with E-state index in [9.17, 15) is 8.76 Å². The van der Waals surface area contributed by atoms with Crippen LogP contribution in [0, 0.1) is 0 Å². The summed E-state index contributed by atoms with van der Waals surface area (Å²) in [6, 6.07) is 0. The van der Waals surface area contributed by atoms with E-state index in [0.29, 0.717) is 0 Å². The molecule has 1 rings (SSSR count). The number of hydrogen-bond donors (Lipinski definition) is 0. The maximum atomic E-state index is 10.1. The second-order valence-corrected chi connectivity index (χ2v) is 2.15. The highest BCUT2D eigenvalue weighted by atomic mass is 32.2. The van der Waals surface area contributed by atoms with Gasteiger partial charge in [-0.15, -0.1) is 5.10 Å². The fourth-order valence-corrected chi connectivity index (χ4v) is 0.718. The lowest BCUT2D eigenvalue weighted by molar-refractivity contribution is 0.517. The maximum absolute atomic E-state index is 10.1. The predicted octanol–water partition coefficient (Wildman–Crippen LogP) is -1.55. The van der Waals surface area contributed by atoms with Crippen LogP contribution < -0.4 is 0 Å². The molecule has 0 bridgehead atoms. The van der Waals surface area contributed by atoms with Crippen LogP contribution >= 0.6 is 0 Å². The Morgan fingerprint density at radius 2 is 2.44 bits per heavy atom. The molecule has 0 aliphatic carbocycles. The highest BCUT2D eigenvalue weighted by Gasteiger charge is 1.98. The zero-order valence-corrected chi connectivity index (χ0v) is 5.33. The number of rotatable bonds is 1. The van der Waals surface area contributed by atoms with E-state index in [1.807, 2.05) is 0 Å². The van der Waals surface area contributed by atoms with Crippen molar-refractivity contribution in [3.8, 4) is 0 Å². The molecule has 0 fully saturated rings. The van der Waals surface area contributed by atoms with Crippen molar-refractivity contribution in [2.45, 2.75) is 5.16 Å². The summed E-state index contributed by atoms with van der Waals surface area (Å²) in [5, 5.41) is 9.46. The standard InChI is InChI=1S/C2H4N4O2S/c1-6-2(9(7)8)3-4-5-6/h1H3,(H,7,8)/p-1. The van der Waals surface area contributed by atoms with Gasteiger partial charge in [0.15, 0.2) is 0 Å². The van der Waals surface area contributed by atoms with Gasteiger partial charge in [0.05, 0.1) is 0 Å². The summed E-state index contributed by atoms with van der Waals surface area (Å²) in [7, 11) is 1.45. The highest BCUT2D eigenvalue weighted by Crippen LogP contribution is 1.91. The van der Waals surface area contributed by atoms with Crippen LogP contribution in [0.3, 0.4) is 0 Å². The summed E-state index contributed by atoms with van der Waals surface area (Å²) in [4.78, 5) is 0. The Labute approximate surface area is 53.2 Å². The summed E-state index contributed by atoms with van der Waals surface area (Å²) in [5.74, 6) is 0. The van der Waals surface area contributed by atoms with Crippen molar-refractivity contribution in [3.63, 3.8) is 0 Å². The zero-order chi connectivity index (χ0) is 6.85. The summed E-state index contributed by atoms with van der Waals surface area (Å²) in [6.07, 6.45) is 0.